The first-order valence-electron chi connectivity index (χ1n) is 10.1. The number of benzene rings is 2. The van der Waals surface area contributed by atoms with Gasteiger partial charge >= 0.3 is 0 Å². The summed E-state index contributed by atoms with van der Waals surface area (Å²) >= 11 is 0. The van der Waals surface area contributed by atoms with Crippen molar-refractivity contribution in [2.75, 3.05) is 26.3 Å². The lowest BCUT2D eigenvalue weighted by Crippen LogP contribution is -2.03. The van der Waals surface area contributed by atoms with E-state index < -0.39 is 6.10 Å². The van der Waals surface area contributed by atoms with Crippen LogP contribution >= 0.6 is 0 Å². The van der Waals surface area contributed by atoms with E-state index in [1.54, 1.807) is 49.7 Å². The van der Waals surface area contributed by atoms with Crippen LogP contribution in [0.3, 0.4) is 0 Å². The maximum atomic E-state index is 12.7. The van der Waals surface area contributed by atoms with E-state index in [1.165, 1.54) is 7.11 Å². The molecule has 0 radical (unpaired) electrons. The lowest BCUT2D eigenvalue weighted by atomic mass is 9.99. The summed E-state index contributed by atoms with van der Waals surface area (Å²) < 4.78 is 21.5. The zero-order valence-electron chi connectivity index (χ0n) is 17.9. The van der Waals surface area contributed by atoms with Gasteiger partial charge < -0.3 is 34.4 Å². The SMILES string of the molecule is COc1cc[nH]c1/C=C1\C(=O)Nc2cccc(C#CC(O)c3cc(OC)c4c(c3)OCO4)c21. The minimum Gasteiger partial charge on any atom is -0.495 e. The Balaban J connectivity index is 1.52. The fraction of sp³-hybridized carbons (Fsp3) is 0.160. The Morgan fingerprint density at radius 2 is 2.00 bits per heavy atom. The monoisotopic (exact) mass is 444 g/mol. The molecule has 2 aliphatic heterocycles. The predicted octanol–water partition coefficient (Wildman–Crippen LogP) is 3.34. The van der Waals surface area contributed by atoms with Crippen molar-refractivity contribution in [2.45, 2.75) is 6.10 Å². The molecule has 2 aromatic carbocycles. The lowest BCUT2D eigenvalue weighted by molar-refractivity contribution is -0.110. The number of anilines is 1. The number of carbonyl (C=O) groups is 1. The molecule has 0 aliphatic carbocycles. The molecule has 8 heteroatoms. The van der Waals surface area contributed by atoms with E-state index in [2.05, 4.69) is 22.1 Å². The number of aromatic nitrogens is 1. The van der Waals surface area contributed by atoms with Crippen molar-refractivity contribution < 1.29 is 28.8 Å². The number of amides is 1. The second-order valence-corrected chi connectivity index (χ2v) is 7.33. The Morgan fingerprint density at radius 1 is 1.15 bits per heavy atom. The van der Waals surface area contributed by atoms with Crippen LogP contribution in [0, 0.1) is 11.8 Å². The summed E-state index contributed by atoms with van der Waals surface area (Å²) in [4.78, 5) is 15.7. The van der Waals surface area contributed by atoms with Crippen molar-refractivity contribution in [3.63, 3.8) is 0 Å². The molecule has 3 heterocycles. The quantitative estimate of drug-likeness (QED) is 0.422. The van der Waals surface area contributed by atoms with Crippen LogP contribution in [-0.4, -0.2) is 37.0 Å². The molecule has 0 fully saturated rings. The Bertz CT molecular complexity index is 1340. The van der Waals surface area contributed by atoms with Crippen LogP contribution in [0.15, 0.2) is 42.6 Å². The molecular weight excluding hydrogens is 424 g/mol. The zero-order valence-corrected chi connectivity index (χ0v) is 17.9. The van der Waals surface area contributed by atoms with Crippen LogP contribution in [0.1, 0.15) is 28.5 Å². The standard InChI is InChI=1S/C25H20N2O6/c1-30-20-8-9-26-18(20)12-16-23-14(4-3-5-17(23)27-25(16)29)6-7-19(28)15-10-21(31-2)24-22(11-15)32-13-33-24/h3-5,8-12,19,26,28H,13H2,1-2H3,(H,27,29)/b16-12-. The van der Waals surface area contributed by atoms with Gasteiger partial charge in [0, 0.05) is 22.9 Å². The molecule has 5 rings (SSSR count). The highest BCUT2D eigenvalue weighted by atomic mass is 16.7. The lowest BCUT2D eigenvalue weighted by Gasteiger charge is -2.09. The number of H-pyrrole nitrogens is 1. The minimum atomic E-state index is -1.11. The predicted molar refractivity (Wildman–Crippen MR) is 121 cm³/mol. The molecule has 3 aromatic rings. The van der Waals surface area contributed by atoms with Gasteiger partial charge in [0.05, 0.1) is 31.2 Å². The van der Waals surface area contributed by atoms with Gasteiger partial charge in [-0.1, -0.05) is 17.9 Å². The van der Waals surface area contributed by atoms with Crippen molar-refractivity contribution in [1.29, 1.82) is 0 Å². The molecule has 0 bridgehead atoms. The molecule has 3 N–H and O–H groups in total. The molecular formula is C25H20N2O6. The van der Waals surface area contributed by atoms with E-state index in [4.69, 9.17) is 18.9 Å². The van der Waals surface area contributed by atoms with E-state index in [0.717, 1.165) is 0 Å². The van der Waals surface area contributed by atoms with E-state index in [-0.39, 0.29) is 12.7 Å². The highest BCUT2D eigenvalue weighted by molar-refractivity contribution is 6.35. The molecule has 33 heavy (non-hydrogen) atoms. The molecule has 1 aromatic heterocycles. The van der Waals surface area contributed by atoms with E-state index in [0.29, 0.717) is 56.6 Å². The molecule has 0 saturated carbocycles. The van der Waals surface area contributed by atoms with Crippen molar-refractivity contribution >= 4 is 23.2 Å². The van der Waals surface area contributed by atoms with Gasteiger partial charge in [0.25, 0.3) is 5.91 Å². The normalized spacial score (nSPS) is 15.5. The van der Waals surface area contributed by atoms with Gasteiger partial charge in [-0.3, -0.25) is 4.79 Å². The van der Waals surface area contributed by atoms with E-state index in [1.807, 2.05) is 6.07 Å². The third-order valence-corrected chi connectivity index (χ3v) is 5.41. The molecule has 1 atom stereocenters. The molecule has 0 spiro atoms. The first-order valence-corrected chi connectivity index (χ1v) is 10.1. The number of hydrogen-bond donors (Lipinski definition) is 3. The number of fused-ring (bicyclic) bond motifs is 2. The third-order valence-electron chi connectivity index (χ3n) is 5.41. The highest BCUT2D eigenvalue weighted by Gasteiger charge is 2.27. The van der Waals surface area contributed by atoms with Crippen LogP contribution in [0.25, 0.3) is 11.6 Å². The largest absolute Gasteiger partial charge is 0.495 e. The summed E-state index contributed by atoms with van der Waals surface area (Å²) in [5.74, 6) is 7.72. The number of hydrogen-bond acceptors (Lipinski definition) is 6. The number of aliphatic hydroxyl groups is 1. The molecule has 166 valence electrons. The van der Waals surface area contributed by atoms with Crippen LogP contribution in [0.4, 0.5) is 5.69 Å². The Hall–Kier alpha value is -4.35. The number of aliphatic hydroxyl groups excluding tert-OH is 1. The molecule has 1 unspecified atom stereocenters. The second kappa shape index (κ2) is 8.30. The van der Waals surface area contributed by atoms with E-state index in [9.17, 15) is 9.90 Å². The second-order valence-electron chi connectivity index (χ2n) is 7.33. The molecule has 8 nitrogen and oxygen atoms in total. The first-order chi connectivity index (χ1) is 16.1. The number of ether oxygens (including phenoxy) is 4. The van der Waals surface area contributed by atoms with Crippen molar-refractivity contribution in [3.8, 4) is 34.8 Å². The molecule has 2 aliphatic rings. The van der Waals surface area contributed by atoms with Crippen LogP contribution in [-0.2, 0) is 4.79 Å². The van der Waals surface area contributed by atoms with Gasteiger partial charge in [-0.25, -0.2) is 0 Å². The van der Waals surface area contributed by atoms with Gasteiger partial charge in [0.2, 0.25) is 12.5 Å². The number of nitrogens with one attached hydrogen (secondary N) is 2. The van der Waals surface area contributed by atoms with Gasteiger partial charge in [0.15, 0.2) is 11.5 Å². The van der Waals surface area contributed by atoms with Gasteiger partial charge in [-0.05, 0) is 36.4 Å². The van der Waals surface area contributed by atoms with Gasteiger partial charge in [-0.15, -0.1) is 0 Å². The van der Waals surface area contributed by atoms with Gasteiger partial charge in [-0.2, -0.15) is 0 Å². The summed E-state index contributed by atoms with van der Waals surface area (Å²) in [6.45, 7) is 0.0921. The maximum Gasteiger partial charge on any atom is 0.256 e. The summed E-state index contributed by atoms with van der Waals surface area (Å²) in [5, 5.41) is 13.6. The Labute approximate surface area is 189 Å². The van der Waals surface area contributed by atoms with Crippen LogP contribution in [0.2, 0.25) is 0 Å². The Morgan fingerprint density at radius 3 is 2.82 bits per heavy atom. The van der Waals surface area contributed by atoms with Gasteiger partial charge in [0.1, 0.15) is 11.9 Å². The average molecular weight is 444 g/mol. The first kappa shape index (κ1) is 20.5. The molecule has 1 amide bonds. The highest BCUT2D eigenvalue weighted by Crippen LogP contribution is 2.43. The topological polar surface area (TPSA) is 102 Å². The number of rotatable bonds is 4. The average Bonchev–Trinajstić information content (AvgIpc) is 3.55. The maximum absolute atomic E-state index is 12.7. The van der Waals surface area contributed by atoms with Crippen LogP contribution < -0.4 is 24.3 Å². The number of carbonyl (C=O) groups excluding carboxylic acids is 1. The van der Waals surface area contributed by atoms with Crippen molar-refractivity contribution in [3.05, 3.63) is 65.0 Å². The summed E-state index contributed by atoms with van der Waals surface area (Å²) in [6, 6.07) is 10.5. The van der Waals surface area contributed by atoms with Crippen molar-refractivity contribution in [2.24, 2.45) is 0 Å². The fourth-order valence-corrected chi connectivity index (χ4v) is 3.83. The molecule has 0 saturated heterocycles. The fourth-order valence-electron chi connectivity index (χ4n) is 3.83. The third kappa shape index (κ3) is 3.64. The summed E-state index contributed by atoms with van der Waals surface area (Å²) in [6.07, 6.45) is 2.36. The zero-order chi connectivity index (χ0) is 22.9. The minimum absolute atomic E-state index is 0.0921. The smallest absolute Gasteiger partial charge is 0.256 e. The summed E-state index contributed by atoms with van der Waals surface area (Å²) in [7, 11) is 3.08. The number of methoxy groups -OCH3 is 2. The Kier molecular flexibility index (Phi) is 5.17. The van der Waals surface area contributed by atoms with Crippen molar-refractivity contribution in [1.82, 2.24) is 4.98 Å². The van der Waals surface area contributed by atoms with E-state index >= 15 is 0 Å². The summed E-state index contributed by atoms with van der Waals surface area (Å²) in [5.41, 5.74) is 3.57. The number of aromatic amines is 1. The van der Waals surface area contributed by atoms with Crippen LogP contribution in [0.5, 0.6) is 23.0 Å².